The highest BCUT2D eigenvalue weighted by Gasteiger charge is 2.22. The molecule has 0 aliphatic heterocycles. The molecule has 58 valence electrons. The molecular weight excluding hydrogens is 151 g/mol. The van der Waals surface area contributed by atoms with Gasteiger partial charge in [0.05, 0.1) is 6.26 Å². The van der Waals surface area contributed by atoms with Crippen molar-refractivity contribution in [3.8, 4) is 0 Å². The van der Waals surface area contributed by atoms with E-state index in [1.807, 2.05) is 0 Å². The summed E-state index contributed by atoms with van der Waals surface area (Å²) < 4.78 is 4.47. The highest BCUT2D eigenvalue weighted by Crippen LogP contribution is 1.97. The summed E-state index contributed by atoms with van der Waals surface area (Å²) in [6.07, 6.45) is 1.08. The lowest BCUT2D eigenvalue weighted by molar-refractivity contribution is 0.0663. The molecule has 11 heavy (non-hydrogen) atoms. The molecule has 0 aromatic carbocycles. The highest BCUT2D eigenvalue weighted by atomic mass is 16.4. The molecule has 0 unspecified atom stereocenters. The lowest BCUT2D eigenvalue weighted by atomic mass is 9.80. The summed E-state index contributed by atoms with van der Waals surface area (Å²) in [5.74, 6) is -1.77. The molecule has 1 aromatic heterocycles. The van der Waals surface area contributed by atoms with Gasteiger partial charge in [-0.3, -0.25) is 0 Å². The molecule has 0 radical (unpaired) electrons. The molecule has 0 bridgehead atoms. The third-order valence-corrected chi connectivity index (χ3v) is 1.17. The zero-order valence-electron chi connectivity index (χ0n) is 5.39. The molecule has 1 heterocycles. The number of carboxylic acids is 1. The van der Waals surface area contributed by atoms with Crippen molar-refractivity contribution in [1.29, 1.82) is 0 Å². The van der Waals surface area contributed by atoms with E-state index in [4.69, 9.17) is 15.2 Å². The molecule has 5 nitrogen and oxygen atoms in total. The summed E-state index contributed by atoms with van der Waals surface area (Å²) in [5.41, 5.74) is -0.141. The van der Waals surface area contributed by atoms with Crippen LogP contribution in [-0.2, 0) is 0 Å². The molecule has 6 heteroatoms. The van der Waals surface area contributed by atoms with Gasteiger partial charge in [0, 0.05) is 5.46 Å². The second-order valence-electron chi connectivity index (χ2n) is 1.88. The Labute approximate surface area is 62.0 Å². The van der Waals surface area contributed by atoms with Crippen LogP contribution in [0, 0.1) is 0 Å². The van der Waals surface area contributed by atoms with Crippen LogP contribution in [0.25, 0.3) is 0 Å². The maximum Gasteiger partial charge on any atom is 0.492 e. The van der Waals surface area contributed by atoms with Gasteiger partial charge in [-0.2, -0.15) is 0 Å². The first-order chi connectivity index (χ1) is 5.13. The first-order valence-electron chi connectivity index (χ1n) is 2.79. The molecule has 0 saturated heterocycles. The minimum absolute atomic E-state index is 0.141. The average molecular weight is 156 g/mol. The number of carboxylic acid groups (broad SMARTS) is 1. The maximum absolute atomic E-state index is 10.3. The second kappa shape index (κ2) is 2.77. The van der Waals surface area contributed by atoms with E-state index >= 15 is 0 Å². The lowest BCUT2D eigenvalue weighted by Gasteiger charge is -1.93. The summed E-state index contributed by atoms with van der Waals surface area (Å²) in [5, 5.41) is 25.5. The molecule has 0 saturated carbocycles. The van der Waals surface area contributed by atoms with E-state index in [1.54, 1.807) is 0 Å². The fourth-order valence-electron chi connectivity index (χ4n) is 0.696. The van der Waals surface area contributed by atoms with Gasteiger partial charge >= 0.3 is 13.1 Å². The predicted octanol–water partition coefficient (Wildman–Crippen LogP) is -1.34. The minimum atomic E-state index is -1.81. The van der Waals surface area contributed by atoms with Crippen molar-refractivity contribution in [2.75, 3.05) is 0 Å². The highest BCUT2D eigenvalue weighted by molar-refractivity contribution is 6.60. The molecule has 0 atom stereocenters. The van der Waals surface area contributed by atoms with Crippen LogP contribution in [0.2, 0.25) is 0 Å². The normalized spacial score (nSPS) is 9.64. The monoisotopic (exact) mass is 156 g/mol. The summed E-state index contributed by atoms with van der Waals surface area (Å²) in [6.45, 7) is 0. The Balaban J connectivity index is 3.06. The van der Waals surface area contributed by atoms with Crippen molar-refractivity contribution in [3.05, 3.63) is 18.1 Å². The van der Waals surface area contributed by atoms with E-state index < -0.39 is 18.8 Å². The predicted molar refractivity (Wildman–Crippen MR) is 35.5 cm³/mol. The van der Waals surface area contributed by atoms with Gasteiger partial charge in [0.15, 0.2) is 0 Å². The molecule has 0 amide bonds. The molecule has 0 fully saturated rings. The van der Waals surface area contributed by atoms with Gasteiger partial charge in [0.2, 0.25) is 5.76 Å². The van der Waals surface area contributed by atoms with Crippen LogP contribution in [0.1, 0.15) is 10.6 Å². The number of hydrogen-bond donors (Lipinski definition) is 3. The minimum Gasteiger partial charge on any atom is -0.475 e. The van der Waals surface area contributed by atoms with Crippen molar-refractivity contribution < 1.29 is 24.4 Å². The van der Waals surface area contributed by atoms with Crippen LogP contribution < -0.4 is 5.46 Å². The Morgan fingerprint density at radius 1 is 1.55 bits per heavy atom. The van der Waals surface area contributed by atoms with Crippen LogP contribution in [0.4, 0.5) is 0 Å². The largest absolute Gasteiger partial charge is 0.492 e. The smallest absolute Gasteiger partial charge is 0.475 e. The van der Waals surface area contributed by atoms with E-state index in [-0.39, 0.29) is 5.46 Å². The molecule has 0 aliphatic rings. The molecule has 0 aliphatic carbocycles. The van der Waals surface area contributed by atoms with E-state index in [0.717, 1.165) is 6.26 Å². The quantitative estimate of drug-likeness (QED) is 0.460. The first kappa shape index (κ1) is 7.84. The van der Waals surface area contributed by atoms with Crippen molar-refractivity contribution in [3.63, 3.8) is 0 Å². The summed E-state index contributed by atoms with van der Waals surface area (Å²) in [4.78, 5) is 10.3. The van der Waals surface area contributed by atoms with E-state index in [9.17, 15) is 4.79 Å². The molecule has 1 aromatic rings. The van der Waals surface area contributed by atoms with Gasteiger partial charge < -0.3 is 19.6 Å². The topological polar surface area (TPSA) is 90.9 Å². The van der Waals surface area contributed by atoms with E-state index in [1.165, 1.54) is 6.07 Å². The van der Waals surface area contributed by atoms with Crippen LogP contribution in [0.3, 0.4) is 0 Å². The maximum atomic E-state index is 10.3. The Hall–Kier alpha value is -1.27. The number of hydrogen-bond acceptors (Lipinski definition) is 4. The molecule has 1 rings (SSSR count). The summed E-state index contributed by atoms with van der Waals surface area (Å²) >= 11 is 0. The standard InChI is InChI=1S/C5H5BO5/c7-5(8)4-3(6(9)10)1-2-11-4/h1-2,9-10H,(H,7,8). The number of aromatic carboxylic acids is 1. The van der Waals surface area contributed by atoms with Gasteiger partial charge in [0.1, 0.15) is 0 Å². The van der Waals surface area contributed by atoms with Crippen molar-refractivity contribution in [2.24, 2.45) is 0 Å². The number of carbonyl (C=O) groups is 1. The van der Waals surface area contributed by atoms with Crippen LogP contribution in [-0.4, -0.2) is 28.2 Å². The first-order valence-corrected chi connectivity index (χ1v) is 2.79. The van der Waals surface area contributed by atoms with Crippen LogP contribution in [0.5, 0.6) is 0 Å². The number of rotatable bonds is 2. The Bertz CT molecular complexity index is 266. The summed E-state index contributed by atoms with van der Waals surface area (Å²) in [7, 11) is -1.81. The zero-order valence-corrected chi connectivity index (χ0v) is 5.39. The molecule has 0 spiro atoms. The third kappa shape index (κ3) is 1.41. The third-order valence-electron chi connectivity index (χ3n) is 1.17. The Morgan fingerprint density at radius 3 is 2.55 bits per heavy atom. The van der Waals surface area contributed by atoms with E-state index in [0.29, 0.717) is 0 Å². The SMILES string of the molecule is O=C(O)c1occc1B(O)O. The fraction of sp³-hybridized carbons (Fsp3) is 0. The zero-order chi connectivity index (χ0) is 8.43. The second-order valence-corrected chi connectivity index (χ2v) is 1.88. The van der Waals surface area contributed by atoms with Crippen molar-refractivity contribution in [2.45, 2.75) is 0 Å². The van der Waals surface area contributed by atoms with Crippen LogP contribution in [0.15, 0.2) is 16.7 Å². The van der Waals surface area contributed by atoms with Gasteiger partial charge in [0.25, 0.3) is 0 Å². The molecule has 3 N–H and O–H groups in total. The Morgan fingerprint density at radius 2 is 2.18 bits per heavy atom. The number of furan rings is 1. The van der Waals surface area contributed by atoms with Crippen molar-refractivity contribution in [1.82, 2.24) is 0 Å². The Kier molecular flexibility index (Phi) is 1.97. The molecular formula is C5H5BO5. The van der Waals surface area contributed by atoms with Gasteiger partial charge in [-0.15, -0.1) is 0 Å². The van der Waals surface area contributed by atoms with E-state index in [2.05, 4.69) is 4.42 Å². The lowest BCUT2D eigenvalue weighted by Crippen LogP contribution is -2.32. The summed E-state index contributed by atoms with van der Waals surface area (Å²) in [6, 6.07) is 1.19. The van der Waals surface area contributed by atoms with Gasteiger partial charge in [-0.05, 0) is 6.07 Å². The fourth-order valence-corrected chi connectivity index (χ4v) is 0.696. The van der Waals surface area contributed by atoms with Gasteiger partial charge in [-0.25, -0.2) is 4.79 Å². The van der Waals surface area contributed by atoms with Crippen LogP contribution >= 0.6 is 0 Å². The average Bonchev–Trinajstić information content (AvgIpc) is 2.32. The van der Waals surface area contributed by atoms with Crippen molar-refractivity contribution >= 4 is 18.6 Å². The van der Waals surface area contributed by atoms with Gasteiger partial charge in [-0.1, -0.05) is 0 Å².